The summed E-state index contributed by atoms with van der Waals surface area (Å²) in [5.74, 6) is 0. The molecular weight excluding hydrogens is 124 g/mol. The lowest BCUT2D eigenvalue weighted by Crippen LogP contribution is -2.33. The summed E-state index contributed by atoms with van der Waals surface area (Å²) < 4.78 is 0. The molecule has 1 heterocycles. The second-order valence-corrected chi connectivity index (χ2v) is 3.30. The van der Waals surface area contributed by atoms with Gasteiger partial charge in [0.25, 0.3) is 0 Å². The lowest BCUT2D eigenvalue weighted by atomic mass is 10.2. The molecule has 0 spiro atoms. The molecule has 0 amide bonds. The number of hydrogen-bond donors (Lipinski definition) is 1. The molecule has 0 aromatic carbocycles. The highest BCUT2D eigenvalue weighted by molar-refractivity contribution is 4.80. The second-order valence-electron chi connectivity index (χ2n) is 3.30. The molecule has 2 nitrogen and oxygen atoms in total. The molecule has 2 heteroatoms. The van der Waals surface area contributed by atoms with E-state index < -0.39 is 0 Å². The van der Waals surface area contributed by atoms with E-state index in [0.29, 0.717) is 6.04 Å². The van der Waals surface area contributed by atoms with Crippen LogP contribution in [0.1, 0.15) is 26.7 Å². The minimum atomic E-state index is 0.439. The Kier molecular flexibility index (Phi) is 2.69. The Labute approximate surface area is 63.4 Å². The van der Waals surface area contributed by atoms with E-state index in [1.165, 1.54) is 19.4 Å². The summed E-state index contributed by atoms with van der Waals surface area (Å²) in [4.78, 5) is 2.48. The first-order valence-corrected chi connectivity index (χ1v) is 4.23. The molecule has 2 atom stereocenters. The molecule has 0 unspecified atom stereocenters. The highest BCUT2D eigenvalue weighted by Crippen LogP contribution is 2.12. The molecular formula is C8H18N2. The van der Waals surface area contributed by atoms with E-state index in [2.05, 4.69) is 18.7 Å². The number of likely N-dealkylation sites (tertiary alicyclic amines) is 1. The molecule has 0 radical (unpaired) electrons. The molecule has 0 aliphatic carbocycles. The second kappa shape index (κ2) is 3.35. The van der Waals surface area contributed by atoms with Crippen molar-refractivity contribution in [3.63, 3.8) is 0 Å². The summed E-state index contributed by atoms with van der Waals surface area (Å²) in [7, 11) is 0. The van der Waals surface area contributed by atoms with E-state index in [0.717, 1.165) is 12.6 Å². The average Bonchev–Trinajstić information content (AvgIpc) is 2.34. The minimum Gasteiger partial charge on any atom is -0.326 e. The van der Waals surface area contributed by atoms with Crippen LogP contribution in [0.25, 0.3) is 0 Å². The van der Waals surface area contributed by atoms with Crippen molar-refractivity contribution < 1.29 is 0 Å². The largest absolute Gasteiger partial charge is 0.326 e. The van der Waals surface area contributed by atoms with Gasteiger partial charge < -0.3 is 5.73 Å². The zero-order chi connectivity index (χ0) is 7.56. The van der Waals surface area contributed by atoms with Crippen molar-refractivity contribution in [2.24, 2.45) is 5.73 Å². The number of nitrogens with zero attached hydrogens (tertiary/aromatic N) is 1. The van der Waals surface area contributed by atoms with Crippen molar-refractivity contribution in [3.05, 3.63) is 0 Å². The molecule has 1 saturated heterocycles. The fourth-order valence-corrected chi connectivity index (χ4v) is 1.47. The van der Waals surface area contributed by atoms with Crippen LogP contribution in [0.4, 0.5) is 0 Å². The number of rotatable bonds is 2. The van der Waals surface area contributed by atoms with Gasteiger partial charge in [0.05, 0.1) is 0 Å². The van der Waals surface area contributed by atoms with Crippen LogP contribution in [0.15, 0.2) is 0 Å². The van der Waals surface area contributed by atoms with Gasteiger partial charge in [0.1, 0.15) is 0 Å². The predicted molar refractivity (Wildman–Crippen MR) is 43.9 cm³/mol. The van der Waals surface area contributed by atoms with Crippen LogP contribution in [0.3, 0.4) is 0 Å². The molecule has 1 rings (SSSR count). The maximum Gasteiger partial charge on any atom is 0.0180 e. The normalized spacial score (nSPS) is 30.9. The molecule has 1 aliphatic heterocycles. The van der Waals surface area contributed by atoms with Crippen LogP contribution in [-0.2, 0) is 0 Å². The first kappa shape index (κ1) is 8.02. The first-order valence-electron chi connectivity index (χ1n) is 4.23. The van der Waals surface area contributed by atoms with Crippen LogP contribution in [0.2, 0.25) is 0 Å². The van der Waals surface area contributed by atoms with Gasteiger partial charge in [-0.15, -0.1) is 0 Å². The Bertz CT molecular complexity index is 103. The predicted octanol–water partition coefficient (Wildman–Crippen LogP) is 0.818. The third-order valence-electron chi connectivity index (χ3n) is 2.47. The van der Waals surface area contributed by atoms with E-state index in [1.807, 2.05) is 0 Å². The van der Waals surface area contributed by atoms with Gasteiger partial charge >= 0.3 is 0 Å². The third-order valence-corrected chi connectivity index (χ3v) is 2.47. The van der Waals surface area contributed by atoms with Gasteiger partial charge in [0.15, 0.2) is 0 Å². The third kappa shape index (κ3) is 1.70. The Morgan fingerprint density at radius 3 is 2.80 bits per heavy atom. The maximum absolute atomic E-state index is 5.78. The molecule has 0 bridgehead atoms. The van der Waals surface area contributed by atoms with Gasteiger partial charge in [-0.3, -0.25) is 4.90 Å². The van der Waals surface area contributed by atoms with Crippen LogP contribution in [0, 0.1) is 0 Å². The Hall–Kier alpha value is -0.0800. The van der Waals surface area contributed by atoms with E-state index in [9.17, 15) is 0 Å². The Morgan fingerprint density at radius 1 is 1.70 bits per heavy atom. The van der Waals surface area contributed by atoms with Crippen molar-refractivity contribution in [3.8, 4) is 0 Å². The maximum atomic E-state index is 5.78. The monoisotopic (exact) mass is 142 g/mol. The molecule has 0 aromatic rings. The molecule has 10 heavy (non-hydrogen) atoms. The summed E-state index contributed by atoms with van der Waals surface area (Å²) in [6, 6.07) is 1.17. The van der Waals surface area contributed by atoms with E-state index >= 15 is 0 Å². The highest BCUT2D eigenvalue weighted by atomic mass is 15.2. The summed E-state index contributed by atoms with van der Waals surface area (Å²) in [5.41, 5.74) is 5.78. The Morgan fingerprint density at radius 2 is 2.40 bits per heavy atom. The van der Waals surface area contributed by atoms with Crippen molar-refractivity contribution in [1.29, 1.82) is 0 Å². The van der Waals surface area contributed by atoms with Crippen molar-refractivity contribution in [2.45, 2.75) is 38.8 Å². The molecule has 60 valence electrons. The van der Waals surface area contributed by atoms with Gasteiger partial charge in [-0.2, -0.15) is 0 Å². The van der Waals surface area contributed by atoms with Gasteiger partial charge in [0.2, 0.25) is 0 Å². The summed E-state index contributed by atoms with van der Waals surface area (Å²) in [5, 5.41) is 0. The van der Waals surface area contributed by atoms with Crippen LogP contribution in [0.5, 0.6) is 0 Å². The van der Waals surface area contributed by atoms with Gasteiger partial charge in [-0.1, -0.05) is 6.92 Å². The molecule has 1 fully saturated rings. The number of hydrogen-bond acceptors (Lipinski definition) is 2. The van der Waals surface area contributed by atoms with Crippen LogP contribution < -0.4 is 5.73 Å². The Balaban J connectivity index is 2.29. The van der Waals surface area contributed by atoms with Gasteiger partial charge in [-0.25, -0.2) is 0 Å². The molecule has 2 N–H and O–H groups in total. The smallest absolute Gasteiger partial charge is 0.0180 e. The summed E-state index contributed by atoms with van der Waals surface area (Å²) >= 11 is 0. The van der Waals surface area contributed by atoms with Crippen molar-refractivity contribution in [2.75, 3.05) is 13.1 Å². The summed E-state index contributed by atoms with van der Waals surface area (Å²) in [6.45, 7) is 6.82. The quantitative estimate of drug-likeness (QED) is 0.618. The lowest BCUT2D eigenvalue weighted by molar-refractivity contribution is 0.250. The van der Waals surface area contributed by atoms with E-state index in [-0.39, 0.29) is 0 Å². The van der Waals surface area contributed by atoms with Crippen molar-refractivity contribution >= 4 is 0 Å². The van der Waals surface area contributed by atoms with Crippen molar-refractivity contribution in [1.82, 2.24) is 4.90 Å². The van der Waals surface area contributed by atoms with E-state index in [1.54, 1.807) is 0 Å². The lowest BCUT2D eigenvalue weighted by Gasteiger charge is -2.22. The highest BCUT2D eigenvalue weighted by Gasteiger charge is 2.21. The zero-order valence-corrected chi connectivity index (χ0v) is 7.01. The average molecular weight is 142 g/mol. The van der Waals surface area contributed by atoms with E-state index in [4.69, 9.17) is 5.73 Å². The standard InChI is InChI=1S/C8H18N2/c1-3-7(2)10-5-4-8(9)6-10/h7-8H,3-6,9H2,1-2H3/t7-,8+/m1/s1. The SMILES string of the molecule is CC[C@@H](C)N1CC[C@H](N)C1. The fourth-order valence-electron chi connectivity index (χ4n) is 1.47. The topological polar surface area (TPSA) is 29.3 Å². The van der Waals surface area contributed by atoms with Crippen LogP contribution in [-0.4, -0.2) is 30.1 Å². The molecule has 0 aromatic heterocycles. The molecule has 1 aliphatic rings. The first-order chi connectivity index (χ1) is 4.74. The van der Waals surface area contributed by atoms with Gasteiger partial charge in [-0.05, 0) is 26.3 Å². The minimum absolute atomic E-state index is 0.439. The number of nitrogens with two attached hydrogens (primary N) is 1. The fraction of sp³-hybridized carbons (Fsp3) is 1.00. The van der Waals surface area contributed by atoms with Crippen LogP contribution >= 0.6 is 0 Å². The molecule has 0 saturated carbocycles. The zero-order valence-electron chi connectivity index (χ0n) is 7.01. The summed E-state index contributed by atoms with van der Waals surface area (Å²) in [6.07, 6.45) is 2.43. The van der Waals surface area contributed by atoms with Gasteiger partial charge in [0, 0.05) is 18.6 Å².